The summed E-state index contributed by atoms with van der Waals surface area (Å²) in [4.78, 5) is 0. The standard InChI is InChI=1S/C11H12N2.2C2H6/c1-4-10-7-6-9(3)8-11(10)13-12-5-2;2*1-2/h4-8H,1-2H2,3H3;2*1-2H3. The van der Waals surface area contributed by atoms with E-state index in [4.69, 9.17) is 0 Å². The highest BCUT2D eigenvalue weighted by molar-refractivity contribution is 5.63. The van der Waals surface area contributed by atoms with Crippen LogP contribution in [0.4, 0.5) is 5.69 Å². The van der Waals surface area contributed by atoms with E-state index in [1.807, 2.05) is 52.8 Å². The molecule has 0 aromatic heterocycles. The van der Waals surface area contributed by atoms with Gasteiger partial charge in [-0.2, -0.15) is 10.2 Å². The van der Waals surface area contributed by atoms with Crippen LogP contribution in [0.5, 0.6) is 0 Å². The molecule has 1 rings (SSSR count). The molecule has 0 amide bonds. The second kappa shape index (κ2) is 12.4. The molecule has 0 heterocycles. The van der Waals surface area contributed by atoms with E-state index in [1.54, 1.807) is 6.08 Å². The molecule has 1 aromatic rings. The smallest absolute Gasteiger partial charge is 0.0931 e. The number of hydrogen-bond donors (Lipinski definition) is 0. The Morgan fingerprint density at radius 3 is 2.12 bits per heavy atom. The molecule has 0 fully saturated rings. The quantitative estimate of drug-likeness (QED) is 0.578. The van der Waals surface area contributed by atoms with Crippen LogP contribution in [-0.2, 0) is 0 Å². The van der Waals surface area contributed by atoms with Crippen molar-refractivity contribution in [2.24, 2.45) is 10.2 Å². The molecule has 0 aliphatic carbocycles. The van der Waals surface area contributed by atoms with Crippen molar-refractivity contribution in [2.75, 3.05) is 0 Å². The second-order valence-electron chi connectivity index (χ2n) is 2.66. The summed E-state index contributed by atoms with van der Waals surface area (Å²) < 4.78 is 0. The Hall–Kier alpha value is -1.70. The summed E-state index contributed by atoms with van der Waals surface area (Å²) in [7, 11) is 0. The third-order valence-corrected chi connectivity index (χ3v) is 1.65. The van der Waals surface area contributed by atoms with Gasteiger partial charge in [-0.15, -0.1) is 0 Å². The Morgan fingerprint density at radius 1 is 1.06 bits per heavy atom. The molecule has 0 N–H and O–H groups in total. The molecule has 2 heteroatoms. The molecule has 17 heavy (non-hydrogen) atoms. The van der Waals surface area contributed by atoms with Gasteiger partial charge in [-0.3, -0.25) is 0 Å². The molecule has 94 valence electrons. The molecule has 0 atom stereocenters. The Morgan fingerprint density at radius 2 is 1.65 bits per heavy atom. The first-order valence-electron chi connectivity index (χ1n) is 6.03. The molecular formula is C15H24N2. The number of benzene rings is 1. The summed E-state index contributed by atoms with van der Waals surface area (Å²) in [5.74, 6) is 0. The van der Waals surface area contributed by atoms with E-state index in [2.05, 4.69) is 23.4 Å². The summed E-state index contributed by atoms with van der Waals surface area (Å²) in [5, 5.41) is 7.72. The zero-order valence-electron chi connectivity index (χ0n) is 11.7. The average molecular weight is 232 g/mol. The van der Waals surface area contributed by atoms with Crippen LogP contribution in [0, 0.1) is 6.92 Å². The van der Waals surface area contributed by atoms with Gasteiger partial charge < -0.3 is 0 Å². The zero-order chi connectivity index (χ0) is 13.7. The number of hydrogen-bond acceptors (Lipinski definition) is 2. The first-order valence-corrected chi connectivity index (χ1v) is 6.03. The van der Waals surface area contributed by atoms with Crippen molar-refractivity contribution in [1.29, 1.82) is 0 Å². The summed E-state index contributed by atoms with van der Waals surface area (Å²) in [6.45, 7) is 17.2. The van der Waals surface area contributed by atoms with Crippen LogP contribution in [-0.4, -0.2) is 0 Å². The number of rotatable bonds is 3. The van der Waals surface area contributed by atoms with Crippen LogP contribution in [0.15, 0.2) is 47.8 Å². The van der Waals surface area contributed by atoms with Crippen LogP contribution in [0.1, 0.15) is 38.8 Å². The predicted molar refractivity (Wildman–Crippen MR) is 78.7 cm³/mol. The van der Waals surface area contributed by atoms with E-state index in [1.165, 1.54) is 6.20 Å². The zero-order valence-corrected chi connectivity index (χ0v) is 11.7. The average Bonchev–Trinajstić information content (AvgIpc) is 2.41. The topological polar surface area (TPSA) is 24.7 Å². The van der Waals surface area contributed by atoms with Gasteiger partial charge in [0.1, 0.15) is 0 Å². The van der Waals surface area contributed by atoms with Gasteiger partial charge in [-0.1, -0.05) is 59.1 Å². The van der Waals surface area contributed by atoms with Crippen molar-refractivity contribution >= 4 is 11.8 Å². The normalized spacial score (nSPS) is 8.53. The molecule has 0 spiro atoms. The Labute approximate surface area is 106 Å². The summed E-state index contributed by atoms with van der Waals surface area (Å²) in [6.07, 6.45) is 3.17. The molecule has 0 aliphatic heterocycles. The van der Waals surface area contributed by atoms with E-state index < -0.39 is 0 Å². The predicted octanol–water partition coefficient (Wildman–Crippen LogP) is 5.92. The van der Waals surface area contributed by atoms with E-state index in [-0.39, 0.29) is 0 Å². The van der Waals surface area contributed by atoms with Gasteiger partial charge in [0.25, 0.3) is 0 Å². The van der Waals surface area contributed by atoms with Crippen LogP contribution in [0.3, 0.4) is 0 Å². The van der Waals surface area contributed by atoms with Crippen molar-refractivity contribution in [3.63, 3.8) is 0 Å². The Bertz CT molecular complexity index is 352. The number of azo groups is 1. The van der Waals surface area contributed by atoms with E-state index in [0.717, 1.165) is 16.8 Å². The minimum Gasteiger partial charge on any atom is -0.159 e. The maximum atomic E-state index is 3.99. The fourth-order valence-corrected chi connectivity index (χ4v) is 1.02. The minimum absolute atomic E-state index is 0.829. The molecular weight excluding hydrogens is 208 g/mol. The Kier molecular flexibility index (Phi) is 12.9. The van der Waals surface area contributed by atoms with Crippen molar-refractivity contribution in [3.05, 3.63) is 48.7 Å². The molecule has 0 aliphatic rings. The maximum absolute atomic E-state index is 3.99. The molecule has 0 saturated carbocycles. The van der Waals surface area contributed by atoms with Gasteiger partial charge in [0.05, 0.1) is 5.69 Å². The number of nitrogens with zero attached hydrogens (tertiary/aromatic N) is 2. The third kappa shape index (κ3) is 7.23. The fourth-order valence-electron chi connectivity index (χ4n) is 1.02. The van der Waals surface area contributed by atoms with Gasteiger partial charge in [-0.25, -0.2) is 0 Å². The van der Waals surface area contributed by atoms with Gasteiger partial charge in [0.2, 0.25) is 0 Å². The summed E-state index contributed by atoms with van der Waals surface area (Å²) in [6, 6.07) is 5.95. The lowest BCUT2D eigenvalue weighted by atomic mass is 10.1. The lowest BCUT2D eigenvalue weighted by Gasteiger charge is -1.99. The van der Waals surface area contributed by atoms with Crippen LogP contribution >= 0.6 is 0 Å². The number of aryl methyl sites for hydroxylation is 1. The third-order valence-electron chi connectivity index (χ3n) is 1.65. The SMILES string of the molecule is C=CN=Nc1cc(C)ccc1C=C.CC.CC. The molecule has 0 radical (unpaired) electrons. The maximum Gasteiger partial charge on any atom is 0.0931 e. The lowest BCUT2D eigenvalue weighted by Crippen LogP contribution is -1.76. The van der Waals surface area contributed by atoms with Gasteiger partial charge in [0, 0.05) is 11.8 Å². The van der Waals surface area contributed by atoms with Gasteiger partial charge in [-0.05, 0) is 18.6 Å². The highest BCUT2D eigenvalue weighted by atomic mass is 15.1. The highest BCUT2D eigenvalue weighted by Gasteiger charge is 1.96. The largest absolute Gasteiger partial charge is 0.159 e. The van der Waals surface area contributed by atoms with Crippen molar-refractivity contribution in [2.45, 2.75) is 34.6 Å². The second-order valence-corrected chi connectivity index (χ2v) is 2.66. The van der Waals surface area contributed by atoms with E-state index >= 15 is 0 Å². The molecule has 0 saturated heterocycles. The summed E-state index contributed by atoms with van der Waals surface area (Å²) in [5.41, 5.74) is 2.97. The van der Waals surface area contributed by atoms with Crippen LogP contribution < -0.4 is 0 Å². The first-order chi connectivity index (χ1) is 8.27. The molecule has 1 aromatic carbocycles. The fraction of sp³-hybridized carbons (Fsp3) is 0.333. The van der Waals surface area contributed by atoms with Crippen LogP contribution in [0.2, 0.25) is 0 Å². The first kappa shape index (κ1) is 17.7. The van der Waals surface area contributed by atoms with Crippen molar-refractivity contribution in [1.82, 2.24) is 0 Å². The van der Waals surface area contributed by atoms with Gasteiger partial charge in [0.15, 0.2) is 0 Å². The monoisotopic (exact) mass is 232 g/mol. The minimum atomic E-state index is 0.829. The molecule has 2 nitrogen and oxygen atoms in total. The molecule has 0 unspecified atom stereocenters. The van der Waals surface area contributed by atoms with Gasteiger partial charge >= 0.3 is 0 Å². The van der Waals surface area contributed by atoms with E-state index in [0.29, 0.717) is 0 Å². The lowest BCUT2D eigenvalue weighted by molar-refractivity contribution is 1.22. The van der Waals surface area contributed by atoms with Crippen molar-refractivity contribution < 1.29 is 0 Å². The van der Waals surface area contributed by atoms with E-state index in [9.17, 15) is 0 Å². The Balaban J connectivity index is 0. The highest BCUT2D eigenvalue weighted by Crippen LogP contribution is 2.22. The van der Waals surface area contributed by atoms with Crippen molar-refractivity contribution in [3.8, 4) is 0 Å². The van der Waals surface area contributed by atoms with Crippen LogP contribution in [0.25, 0.3) is 6.08 Å². The summed E-state index contributed by atoms with van der Waals surface area (Å²) >= 11 is 0. The molecule has 0 bridgehead atoms.